The lowest BCUT2D eigenvalue weighted by molar-refractivity contribution is -0.141. The minimum Gasteiger partial charge on any atom is -0.482 e. The van der Waals surface area contributed by atoms with Gasteiger partial charge in [0.2, 0.25) is 19.8 Å². The molecular weight excluding hydrogens is 406 g/mol. The van der Waals surface area contributed by atoms with Crippen LogP contribution < -0.4 is 0 Å². The molecule has 0 aliphatic carbocycles. The van der Waals surface area contributed by atoms with Crippen LogP contribution in [0.5, 0.6) is 0 Å². The van der Waals surface area contributed by atoms with E-state index in [4.69, 9.17) is 18.9 Å². The van der Waals surface area contributed by atoms with Crippen LogP contribution in [0.25, 0.3) is 6.08 Å². The number of methoxy groups -OCH3 is 2. The van der Waals surface area contributed by atoms with Crippen molar-refractivity contribution in [1.82, 2.24) is 0 Å². The Balaban J connectivity index is 2.75. The van der Waals surface area contributed by atoms with Gasteiger partial charge in [0, 0.05) is 13.5 Å². The summed E-state index contributed by atoms with van der Waals surface area (Å²) in [6.07, 6.45) is 1.63. The average Bonchev–Trinajstić information content (AvgIpc) is 3.04. The molecule has 31 heavy (non-hydrogen) atoms. The molecule has 1 aliphatic rings. The fourth-order valence-corrected chi connectivity index (χ4v) is 10.7. The Bertz CT molecular complexity index is 794. The molecule has 1 aliphatic heterocycles. The normalized spacial score (nSPS) is 23.2. The summed E-state index contributed by atoms with van der Waals surface area (Å²) in [6, 6.07) is 9.96. The molecular formula is C25H39NO4Si. The van der Waals surface area contributed by atoms with E-state index in [0.29, 0.717) is 28.7 Å². The van der Waals surface area contributed by atoms with Crippen molar-refractivity contribution in [2.45, 2.75) is 83.2 Å². The monoisotopic (exact) mass is 445 g/mol. The van der Waals surface area contributed by atoms with Crippen LogP contribution in [-0.4, -0.2) is 45.9 Å². The summed E-state index contributed by atoms with van der Waals surface area (Å²) in [7, 11) is 0.727. The van der Waals surface area contributed by atoms with E-state index < -0.39 is 20.0 Å². The number of carbonyl (C=O) groups is 1. The number of Topliss-reactive ketones (excluding diaryl/α,β-unsaturated/α-hetero) is 1. The van der Waals surface area contributed by atoms with E-state index >= 15 is 0 Å². The van der Waals surface area contributed by atoms with Gasteiger partial charge in [-0.15, -0.1) is 0 Å². The summed E-state index contributed by atoms with van der Waals surface area (Å²) in [6.45, 7) is 15.2. The van der Waals surface area contributed by atoms with Gasteiger partial charge in [-0.05, 0) is 28.3 Å². The zero-order valence-electron chi connectivity index (χ0n) is 20.6. The summed E-state index contributed by atoms with van der Waals surface area (Å²) in [5.74, 6) is 0.185. The lowest BCUT2D eigenvalue weighted by Gasteiger charge is -2.46. The maximum absolute atomic E-state index is 13.4. The van der Waals surface area contributed by atoms with Gasteiger partial charge < -0.3 is 13.9 Å². The van der Waals surface area contributed by atoms with Gasteiger partial charge in [-0.25, -0.2) is 4.99 Å². The molecule has 6 heteroatoms. The van der Waals surface area contributed by atoms with Crippen LogP contribution in [0.4, 0.5) is 0 Å². The Kier molecular flexibility index (Phi) is 8.42. The van der Waals surface area contributed by atoms with E-state index in [2.05, 4.69) is 41.5 Å². The highest BCUT2D eigenvalue weighted by Gasteiger charge is 2.61. The third kappa shape index (κ3) is 4.43. The lowest BCUT2D eigenvalue weighted by Crippen LogP contribution is -2.61. The van der Waals surface area contributed by atoms with Crippen molar-refractivity contribution in [2.24, 2.45) is 4.99 Å². The number of hydrogen-bond donors (Lipinski definition) is 0. The molecule has 0 spiro atoms. The number of carbonyl (C=O) groups excluding carboxylic acids is 1. The van der Waals surface area contributed by atoms with Gasteiger partial charge in [-0.2, -0.15) is 0 Å². The van der Waals surface area contributed by atoms with Gasteiger partial charge in [-0.3, -0.25) is 4.79 Å². The standard InChI is InChI=1S/C25H39NO4Si/c1-10-22(27)25(29-9)23(30-31(17(2)3,18(4)5)19(6)7)21(26-24(25)28-8)16-20-14-12-11-13-15-20/h11-19,23H,10H2,1-9H3/b21-16-/t23-,25+/m0/s1. The molecule has 0 fully saturated rings. The molecule has 172 valence electrons. The molecule has 0 saturated carbocycles. The fourth-order valence-electron chi connectivity index (χ4n) is 5.20. The largest absolute Gasteiger partial charge is 0.482 e. The maximum Gasteiger partial charge on any atom is 0.232 e. The lowest BCUT2D eigenvalue weighted by atomic mass is 9.89. The van der Waals surface area contributed by atoms with Crippen molar-refractivity contribution >= 4 is 26.1 Å². The third-order valence-electron chi connectivity index (χ3n) is 6.58. The summed E-state index contributed by atoms with van der Waals surface area (Å²) < 4.78 is 18.8. The van der Waals surface area contributed by atoms with Crippen molar-refractivity contribution in [3.05, 3.63) is 41.6 Å². The molecule has 0 N–H and O–H groups in total. The van der Waals surface area contributed by atoms with Gasteiger partial charge >= 0.3 is 0 Å². The predicted molar refractivity (Wildman–Crippen MR) is 130 cm³/mol. The van der Waals surface area contributed by atoms with Crippen LogP contribution in [-0.2, 0) is 18.7 Å². The average molecular weight is 446 g/mol. The molecule has 2 rings (SSSR count). The van der Waals surface area contributed by atoms with Crippen molar-refractivity contribution in [3.8, 4) is 0 Å². The van der Waals surface area contributed by atoms with Crippen LogP contribution in [0.1, 0.15) is 60.5 Å². The van der Waals surface area contributed by atoms with E-state index in [1.165, 1.54) is 7.11 Å². The number of ether oxygens (including phenoxy) is 2. The fraction of sp³-hybridized carbons (Fsp3) is 0.600. The second-order valence-electron chi connectivity index (χ2n) is 9.13. The molecule has 0 unspecified atom stereocenters. The minimum atomic E-state index is -2.36. The Morgan fingerprint density at radius 1 is 1.06 bits per heavy atom. The van der Waals surface area contributed by atoms with Crippen molar-refractivity contribution in [2.75, 3.05) is 14.2 Å². The van der Waals surface area contributed by atoms with Crippen LogP contribution in [0, 0.1) is 0 Å². The molecule has 0 amide bonds. The molecule has 2 atom stereocenters. The molecule has 0 radical (unpaired) electrons. The molecule has 1 heterocycles. The quantitative estimate of drug-likeness (QED) is 0.437. The van der Waals surface area contributed by atoms with E-state index in [9.17, 15) is 4.79 Å². The Labute approximate surface area is 189 Å². The van der Waals surface area contributed by atoms with Crippen LogP contribution in [0.15, 0.2) is 41.0 Å². The molecule has 1 aromatic rings. The first-order chi connectivity index (χ1) is 14.6. The molecule has 5 nitrogen and oxygen atoms in total. The molecule has 0 bridgehead atoms. The summed E-state index contributed by atoms with van der Waals surface area (Å²) in [5, 5.41) is 0. The van der Waals surface area contributed by atoms with Crippen molar-refractivity contribution in [1.29, 1.82) is 0 Å². The Hall–Kier alpha value is -1.76. The van der Waals surface area contributed by atoms with Crippen LogP contribution in [0.3, 0.4) is 0 Å². The smallest absolute Gasteiger partial charge is 0.232 e. The highest BCUT2D eigenvalue weighted by molar-refractivity contribution is 6.77. The highest BCUT2D eigenvalue weighted by atomic mass is 28.4. The molecule has 1 aromatic carbocycles. The van der Waals surface area contributed by atoms with E-state index in [1.807, 2.05) is 43.3 Å². The van der Waals surface area contributed by atoms with Crippen molar-refractivity contribution in [3.63, 3.8) is 0 Å². The SMILES string of the molecule is CCC(=O)[C@]1(OC)C(OC)=N/C(=C\c2ccccc2)[C@@H]1O[Si](C(C)C)(C(C)C)C(C)C. The van der Waals surface area contributed by atoms with Crippen LogP contribution in [0.2, 0.25) is 16.6 Å². The Morgan fingerprint density at radius 2 is 1.61 bits per heavy atom. The Morgan fingerprint density at radius 3 is 2.03 bits per heavy atom. The first-order valence-corrected chi connectivity index (χ1v) is 13.4. The number of rotatable bonds is 9. The topological polar surface area (TPSA) is 57.1 Å². The second kappa shape index (κ2) is 10.2. The molecule has 0 saturated heterocycles. The zero-order valence-corrected chi connectivity index (χ0v) is 21.6. The van der Waals surface area contributed by atoms with E-state index in [-0.39, 0.29) is 11.7 Å². The first-order valence-electron chi connectivity index (χ1n) is 11.3. The number of benzene rings is 1. The van der Waals surface area contributed by atoms with E-state index in [1.54, 1.807) is 7.11 Å². The number of aliphatic imine (C=N–C) groups is 1. The molecule has 0 aromatic heterocycles. The van der Waals surface area contributed by atoms with Gasteiger partial charge in [0.05, 0.1) is 12.8 Å². The summed E-state index contributed by atoms with van der Waals surface area (Å²) in [5.41, 5.74) is 1.34. The van der Waals surface area contributed by atoms with Crippen molar-refractivity contribution < 1.29 is 18.7 Å². The van der Waals surface area contributed by atoms with Gasteiger partial charge in [0.15, 0.2) is 5.78 Å². The zero-order chi connectivity index (χ0) is 23.4. The number of nitrogens with zero attached hydrogens (tertiary/aromatic N) is 1. The minimum absolute atomic E-state index is 0.0868. The van der Waals surface area contributed by atoms with Crippen LogP contribution >= 0.6 is 0 Å². The van der Waals surface area contributed by atoms with Gasteiger partial charge in [0.1, 0.15) is 6.10 Å². The van der Waals surface area contributed by atoms with E-state index in [0.717, 1.165) is 5.56 Å². The van der Waals surface area contributed by atoms with Gasteiger partial charge in [-0.1, -0.05) is 78.8 Å². The first kappa shape index (κ1) is 25.5. The summed E-state index contributed by atoms with van der Waals surface area (Å²) >= 11 is 0. The predicted octanol–water partition coefficient (Wildman–Crippen LogP) is 6.01. The number of ketones is 1. The number of hydrogen-bond acceptors (Lipinski definition) is 5. The highest BCUT2D eigenvalue weighted by Crippen LogP contribution is 2.47. The second-order valence-corrected chi connectivity index (χ2v) is 14.5. The third-order valence-corrected chi connectivity index (χ3v) is 12.6. The van der Waals surface area contributed by atoms with Gasteiger partial charge in [0.25, 0.3) is 0 Å². The maximum atomic E-state index is 13.4. The summed E-state index contributed by atoms with van der Waals surface area (Å²) in [4.78, 5) is 18.1.